The predicted molar refractivity (Wildman–Crippen MR) is 146 cm³/mol. The summed E-state index contributed by atoms with van der Waals surface area (Å²) in [5.74, 6) is -1.90. The Morgan fingerprint density at radius 3 is 2.18 bits per heavy atom. The van der Waals surface area contributed by atoms with Crippen LogP contribution in [0, 0.1) is 11.8 Å². The molecule has 5 atom stereocenters. The number of carbonyl (C=O) groups excluding carboxylic acids is 5. The van der Waals surface area contributed by atoms with Crippen molar-refractivity contribution >= 4 is 30.0 Å². The largest absolute Gasteiger partial charge is 0.372 e. The number of urea groups is 1. The third kappa shape index (κ3) is 9.05. The maximum atomic E-state index is 13.9. The smallest absolute Gasteiger partial charge is 0.315 e. The first-order valence-corrected chi connectivity index (χ1v) is 13.5. The molecule has 0 saturated carbocycles. The summed E-state index contributed by atoms with van der Waals surface area (Å²) in [6.07, 6.45) is 0.933. The first-order valence-electron chi connectivity index (χ1n) is 13.5. The van der Waals surface area contributed by atoms with E-state index in [1.165, 1.54) is 11.9 Å². The quantitative estimate of drug-likeness (QED) is 0.275. The van der Waals surface area contributed by atoms with E-state index >= 15 is 0 Å². The summed E-state index contributed by atoms with van der Waals surface area (Å²) in [5, 5.41) is 10.6. The van der Waals surface area contributed by atoms with Gasteiger partial charge in [0, 0.05) is 20.0 Å². The van der Waals surface area contributed by atoms with Crippen molar-refractivity contribution < 1.29 is 28.7 Å². The zero-order valence-electron chi connectivity index (χ0n) is 23.7. The van der Waals surface area contributed by atoms with Crippen LogP contribution in [0.25, 0.3) is 0 Å². The van der Waals surface area contributed by atoms with Crippen molar-refractivity contribution in [3.8, 4) is 0 Å². The van der Waals surface area contributed by atoms with Crippen molar-refractivity contribution in [3.63, 3.8) is 0 Å². The second-order valence-electron chi connectivity index (χ2n) is 10.5. The molecule has 39 heavy (non-hydrogen) atoms. The van der Waals surface area contributed by atoms with E-state index in [2.05, 4.69) is 21.3 Å². The average molecular weight is 546 g/mol. The summed E-state index contributed by atoms with van der Waals surface area (Å²) in [6, 6.07) is 5.74. The molecule has 1 fully saturated rings. The number of hydrogen-bond acceptors (Lipinski definition) is 6. The van der Waals surface area contributed by atoms with Gasteiger partial charge in [-0.15, -0.1) is 0 Å². The molecule has 1 heterocycles. The van der Waals surface area contributed by atoms with Crippen LogP contribution in [0.3, 0.4) is 0 Å². The van der Waals surface area contributed by atoms with Crippen molar-refractivity contribution in [1.29, 1.82) is 0 Å². The van der Waals surface area contributed by atoms with Crippen LogP contribution in [0.5, 0.6) is 0 Å². The van der Waals surface area contributed by atoms with E-state index in [9.17, 15) is 24.0 Å². The van der Waals surface area contributed by atoms with Gasteiger partial charge in [-0.2, -0.15) is 0 Å². The molecule has 5 amide bonds. The third-order valence-electron chi connectivity index (χ3n) is 6.80. The number of amides is 5. The van der Waals surface area contributed by atoms with Crippen LogP contribution in [0.15, 0.2) is 30.3 Å². The van der Waals surface area contributed by atoms with Crippen LogP contribution in [-0.2, 0) is 30.5 Å². The lowest BCUT2D eigenvalue weighted by molar-refractivity contribution is -0.143. The van der Waals surface area contributed by atoms with Crippen molar-refractivity contribution in [1.82, 2.24) is 26.2 Å². The monoisotopic (exact) mass is 545 g/mol. The Kier molecular flexibility index (Phi) is 12.4. The molecular weight excluding hydrogens is 502 g/mol. The Hall–Kier alpha value is -3.47. The predicted octanol–water partition coefficient (Wildman–Crippen LogP) is 1.36. The van der Waals surface area contributed by atoms with E-state index in [0.29, 0.717) is 19.3 Å². The molecule has 0 aliphatic carbocycles. The highest BCUT2D eigenvalue weighted by atomic mass is 16.5. The van der Waals surface area contributed by atoms with Crippen molar-refractivity contribution in [2.45, 2.75) is 84.3 Å². The van der Waals surface area contributed by atoms with E-state index < -0.39 is 54.0 Å². The first-order chi connectivity index (χ1) is 18.5. The van der Waals surface area contributed by atoms with Crippen molar-refractivity contribution in [2.75, 3.05) is 13.6 Å². The van der Waals surface area contributed by atoms with Gasteiger partial charge >= 0.3 is 6.03 Å². The molecule has 0 aromatic heterocycles. The van der Waals surface area contributed by atoms with Gasteiger partial charge in [-0.05, 0) is 23.8 Å². The lowest BCUT2D eigenvalue weighted by Gasteiger charge is -2.32. The molecule has 1 saturated heterocycles. The fraction of sp³-hybridized carbons (Fsp3) is 0.607. The number of nitrogens with zero attached hydrogens (tertiary/aromatic N) is 1. The topological polar surface area (TPSA) is 146 Å². The summed E-state index contributed by atoms with van der Waals surface area (Å²) >= 11 is 0. The highest BCUT2D eigenvalue weighted by Crippen LogP contribution is 2.24. The van der Waals surface area contributed by atoms with Gasteiger partial charge in [-0.3, -0.25) is 14.4 Å². The Bertz CT molecular complexity index is 986. The third-order valence-corrected chi connectivity index (χ3v) is 6.80. The average Bonchev–Trinajstić information content (AvgIpc) is 3.36. The van der Waals surface area contributed by atoms with Gasteiger partial charge in [0.1, 0.15) is 24.4 Å². The lowest BCUT2D eigenvalue weighted by Crippen LogP contribution is -2.59. The van der Waals surface area contributed by atoms with Crippen molar-refractivity contribution in [2.24, 2.45) is 11.8 Å². The maximum absolute atomic E-state index is 13.9. The summed E-state index contributed by atoms with van der Waals surface area (Å²) in [6.45, 7) is 9.44. The van der Waals surface area contributed by atoms with Crippen molar-refractivity contribution in [3.05, 3.63) is 35.9 Å². The molecule has 4 N–H and O–H groups in total. The van der Waals surface area contributed by atoms with E-state index in [1.54, 1.807) is 34.6 Å². The van der Waals surface area contributed by atoms with Gasteiger partial charge in [0.2, 0.25) is 17.7 Å². The minimum atomic E-state index is -0.943. The molecule has 0 radical (unpaired) electrons. The normalized spacial score (nSPS) is 19.2. The molecule has 11 heteroatoms. The van der Waals surface area contributed by atoms with Crippen LogP contribution in [0.2, 0.25) is 0 Å². The van der Waals surface area contributed by atoms with Crippen LogP contribution in [0.1, 0.15) is 53.0 Å². The number of aldehydes is 1. The maximum Gasteiger partial charge on any atom is 0.315 e. The van der Waals surface area contributed by atoms with E-state index in [4.69, 9.17) is 4.74 Å². The van der Waals surface area contributed by atoms with Gasteiger partial charge < -0.3 is 35.7 Å². The number of likely N-dealkylation sites (tertiary alicyclic amines) is 1. The van der Waals surface area contributed by atoms with Gasteiger partial charge in [-0.25, -0.2) is 4.79 Å². The summed E-state index contributed by atoms with van der Waals surface area (Å²) in [4.78, 5) is 64.9. The number of ether oxygens (including phenoxy) is 1. The molecule has 0 unspecified atom stereocenters. The van der Waals surface area contributed by atoms with Crippen LogP contribution >= 0.6 is 0 Å². The summed E-state index contributed by atoms with van der Waals surface area (Å²) in [5.41, 5.74) is 0.964. The molecule has 11 nitrogen and oxygen atoms in total. The fourth-order valence-electron chi connectivity index (χ4n) is 4.39. The highest BCUT2D eigenvalue weighted by molar-refractivity contribution is 5.95. The van der Waals surface area contributed by atoms with Gasteiger partial charge in [-0.1, -0.05) is 65.0 Å². The summed E-state index contributed by atoms with van der Waals surface area (Å²) in [7, 11) is 1.45. The number of hydrogen-bond donors (Lipinski definition) is 4. The standard InChI is InChI=1S/C28H43N5O6/c1-7-20(15-34)30-25(35)22-13-21(39-16-19-11-9-8-10-12-19)14-33(22)27(37)24(18(4)5)31-26(36)23(17(2)3)32-28(38)29-6/h8-12,15,17-18,20-24H,7,13-14,16H2,1-6H3,(H,30,35)(H,31,36)(H2,29,32,38)/t20-,21+,22-,23-,24-/m0/s1. The van der Waals surface area contributed by atoms with E-state index in [1.807, 2.05) is 30.3 Å². The van der Waals surface area contributed by atoms with Gasteiger partial charge in [0.05, 0.1) is 18.8 Å². The lowest BCUT2D eigenvalue weighted by atomic mass is 9.99. The molecule has 216 valence electrons. The Morgan fingerprint density at radius 2 is 1.64 bits per heavy atom. The Morgan fingerprint density at radius 1 is 1.00 bits per heavy atom. The minimum Gasteiger partial charge on any atom is -0.372 e. The number of benzene rings is 1. The van der Waals surface area contributed by atoms with Crippen LogP contribution in [0.4, 0.5) is 4.79 Å². The van der Waals surface area contributed by atoms with Gasteiger partial charge in [0.25, 0.3) is 0 Å². The second kappa shape index (κ2) is 15.2. The van der Waals surface area contributed by atoms with Crippen LogP contribution in [-0.4, -0.2) is 78.8 Å². The number of rotatable bonds is 13. The Balaban J connectivity index is 2.25. The van der Waals surface area contributed by atoms with Gasteiger partial charge in [0.15, 0.2) is 0 Å². The highest BCUT2D eigenvalue weighted by Gasteiger charge is 2.44. The SMILES string of the molecule is CC[C@@H](C=O)NC(=O)[C@@H]1C[C@@H](OCc2ccccc2)CN1C(=O)[C@@H](NC(=O)[C@@H](NC(=O)NC)C(C)C)C(C)C. The van der Waals surface area contributed by atoms with Crippen LogP contribution < -0.4 is 21.3 Å². The van der Waals surface area contributed by atoms with E-state index in [-0.39, 0.29) is 24.8 Å². The number of nitrogens with one attached hydrogen (secondary N) is 4. The minimum absolute atomic E-state index is 0.158. The molecule has 0 bridgehead atoms. The number of carbonyl (C=O) groups is 5. The Labute approximate surface area is 230 Å². The molecule has 1 aliphatic rings. The zero-order valence-corrected chi connectivity index (χ0v) is 23.7. The molecule has 0 spiro atoms. The molecular formula is C28H43N5O6. The fourth-order valence-corrected chi connectivity index (χ4v) is 4.39. The molecule has 1 aromatic rings. The molecule has 1 aromatic carbocycles. The summed E-state index contributed by atoms with van der Waals surface area (Å²) < 4.78 is 6.07. The second-order valence-corrected chi connectivity index (χ2v) is 10.5. The first kappa shape index (κ1) is 31.7. The zero-order chi connectivity index (χ0) is 29.1. The molecule has 1 aliphatic heterocycles. The van der Waals surface area contributed by atoms with E-state index in [0.717, 1.165) is 5.56 Å². The molecule has 2 rings (SSSR count).